The van der Waals surface area contributed by atoms with Crippen LogP contribution >= 0.6 is 11.6 Å². The van der Waals surface area contributed by atoms with Gasteiger partial charge in [0.15, 0.2) is 0 Å². The average molecular weight is 310 g/mol. The maximum atomic E-state index is 12.0. The summed E-state index contributed by atoms with van der Waals surface area (Å²) in [4.78, 5) is 36.7. The summed E-state index contributed by atoms with van der Waals surface area (Å²) in [5.74, 6) is -1.17. The number of amides is 3. The summed E-state index contributed by atoms with van der Waals surface area (Å²) >= 11 is 5.95. The van der Waals surface area contributed by atoms with E-state index in [0.29, 0.717) is 16.4 Å². The van der Waals surface area contributed by atoms with Crippen LogP contribution in [0.1, 0.15) is 20.3 Å². The number of anilines is 2. The number of nitrogens with two attached hydrogens (primary N) is 1. The standard InChI is InChI=1S/C14H16ClN3O3/c1-14(2)6-12(20)18(13(14)21)7-11(19)17-10-4-3-8(16)5-9(10)15/h3-5H,6-7,16H2,1-2H3,(H,17,19). The molecule has 1 aliphatic heterocycles. The second kappa shape index (κ2) is 5.37. The number of rotatable bonds is 3. The molecule has 0 radical (unpaired) electrons. The van der Waals surface area contributed by atoms with Crippen molar-refractivity contribution >= 4 is 40.7 Å². The minimum absolute atomic E-state index is 0.113. The molecular weight excluding hydrogens is 294 g/mol. The third-order valence-electron chi connectivity index (χ3n) is 3.29. The fourth-order valence-corrected chi connectivity index (χ4v) is 2.39. The first-order valence-corrected chi connectivity index (χ1v) is 6.78. The lowest BCUT2D eigenvalue weighted by molar-refractivity contribution is -0.143. The summed E-state index contributed by atoms with van der Waals surface area (Å²) in [6, 6.07) is 4.66. The van der Waals surface area contributed by atoms with E-state index < -0.39 is 11.3 Å². The molecule has 2 rings (SSSR count). The predicted octanol–water partition coefficient (Wildman–Crippen LogP) is 1.65. The molecule has 6 nitrogen and oxygen atoms in total. The van der Waals surface area contributed by atoms with Crippen LogP contribution in [0.5, 0.6) is 0 Å². The van der Waals surface area contributed by atoms with Crippen LogP contribution in [-0.4, -0.2) is 29.2 Å². The summed E-state index contributed by atoms with van der Waals surface area (Å²) in [7, 11) is 0. The van der Waals surface area contributed by atoms with E-state index in [2.05, 4.69) is 5.32 Å². The Kier molecular flexibility index (Phi) is 3.91. The smallest absolute Gasteiger partial charge is 0.244 e. The van der Waals surface area contributed by atoms with Crippen LogP contribution in [0.2, 0.25) is 5.02 Å². The Morgan fingerprint density at radius 1 is 1.43 bits per heavy atom. The van der Waals surface area contributed by atoms with Gasteiger partial charge in [0, 0.05) is 12.1 Å². The van der Waals surface area contributed by atoms with Gasteiger partial charge in [0.1, 0.15) is 6.54 Å². The molecule has 0 saturated carbocycles. The summed E-state index contributed by atoms with van der Waals surface area (Å²) < 4.78 is 0. The highest BCUT2D eigenvalue weighted by molar-refractivity contribution is 6.34. The van der Waals surface area contributed by atoms with Gasteiger partial charge in [-0.3, -0.25) is 19.3 Å². The Morgan fingerprint density at radius 3 is 2.62 bits per heavy atom. The molecule has 112 valence electrons. The highest BCUT2D eigenvalue weighted by atomic mass is 35.5. The molecule has 7 heteroatoms. The lowest BCUT2D eigenvalue weighted by atomic mass is 9.92. The average Bonchev–Trinajstić information content (AvgIpc) is 2.55. The number of likely N-dealkylation sites (tertiary alicyclic amines) is 1. The molecule has 3 amide bonds. The maximum Gasteiger partial charge on any atom is 0.244 e. The lowest BCUT2D eigenvalue weighted by Crippen LogP contribution is -2.39. The quantitative estimate of drug-likeness (QED) is 0.656. The number of imide groups is 1. The van der Waals surface area contributed by atoms with Crippen molar-refractivity contribution in [2.24, 2.45) is 5.41 Å². The highest BCUT2D eigenvalue weighted by Gasteiger charge is 2.45. The SMILES string of the molecule is CC1(C)CC(=O)N(CC(=O)Nc2ccc(N)cc2Cl)C1=O. The summed E-state index contributed by atoms with van der Waals surface area (Å²) in [6.45, 7) is 3.05. The van der Waals surface area contributed by atoms with Gasteiger partial charge in [-0.15, -0.1) is 0 Å². The summed E-state index contributed by atoms with van der Waals surface area (Å²) in [5, 5.41) is 2.85. The Morgan fingerprint density at radius 2 is 2.10 bits per heavy atom. The van der Waals surface area contributed by atoms with Crippen LogP contribution in [0.3, 0.4) is 0 Å². The van der Waals surface area contributed by atoms with Gasteiger partial charge in [-0.2, -0.15) is 0 Å². The van der Waals surface area contributed by atoms with Gasteiger partial charge in [0.05, 0.1) is 16.1 Å². The van der Waals surface area contributed by atoms with E-state index in [1.807, 2.05) is 0 Å². The van der Waals surface area contributed by atoms with Gasteiger partial charge in [0.25, 0.3) is 0 Å². The molecule has 3 N–H and O–H groups in total. The Labute approximate surface area is 127 Å². The molecule has 1 aromatic carbocycles. The second-order valence-electron chi connectivity index (χ2n) is 5.63. The number of halogens is 1. The van der Waals surface area contributed by atoms with Gasteiger partial charge < -0.3 is 11.1 Å². The molecule has 21 heavy (non-hydrogen) atoms. The molecule has 0 aliphatic carbocycles. The minimum Gasteiger partial charge on any atom is -0.399 e. The first-order valence-electron chi connectivity index (χ1n) is 6.40. The fourth-order valence-electron chi connectivity index (χ4n) is 2.15. The van der Waals surface area contributed by atoms with Crippen LogP contribution in [-0.2, 0) is 14.4 Å². The number of nitrogens with zero attached hydrogens (tertiary/aromatic N) is 1. The number of carbonyl (C=O) groups is 3. The first kappa shape index (κ1) is 15.3. The Hall–Kier alpha value is -2.08. The van der Waals surface area contributed by atoms with Gasteiger partial charge >= 0.3 is 0 Å². The second-order valence-corrected chi connectivity index (χ2v) is 6.04. The zero-order chi connectivity index (χ0) is 15.8. The molecular formula is C14H16ClN3O3. The van der Waals surface area contributed by atoms with Gasteiger partial charge in [-0.05, 0) is 18.2 Å². The van der Waals surface area contributed by atoms with Crippen molar-refractivity contribution in [2.75, 3.05) is 17.6 Å². The highest BCUT2D eigenvalue weighted by Crippen LogP contribution is 2.31. The van der Waals surface area contributed by atoms with Crippen molar-refractivity contribution in [1.29, 1.82) is 0 Å². The van der Waals surface area contributed by atoms with E-state index in [1.165, 1.54) is 6.07 Å². The minimum atomic E-state index is -0.754. The van der Waals surface area contributed by atoms with Crippen LogP contribution in [0.4, 0.5) is 11.4 Å². The normalized spacial score (nSPS) is 17.2. The molecule has 1 aliphatic rings. The third-order valence-corrected chi connectivity index (χ3v) is 3.60. The number of hydrogen-bond donors (Lipinski definition) is 2. The summed E-state index contributed by atoms with van der Waals surface area (Å²) in [6.07, 6.45) is 0.113. The van der Waals surface area contributed by atoms with Crippen molar-refractivity contribution < 1.29 is 14.4 Å². The first-order chi connectivity index (χ1) is 9.70. The van der Waals surface area contributed by atoms with Crippen molar-refractivity contribution in [1.82, 2.24) is 4.90 Å². The van der Waals surface area contributed by atoms with E-state index in [4.69, 9.17) is 17.3 Å². The molecule has 1 heterocycles. The Bertz CT molecular complexity index is 628. The topological polar surface area (TPSA) is 92.5 Å². The van der Waals surface area contributed by atoms with E-state index in [-0.39, 0.29) is 24.8 Å². The van der Waals surface area contributed by atoms with Crippen LogP contribution < -0.4 is 11.1 Å². The van der Waals surface area contributed by atoms with E-state index in [9.17, 15) is 14.4 Å². The summed E-state index contributed by atoms with van der Waals surface area (Å²) in [5.41, 5.74) is 5.67. The van der Waals surface area contributed by atoms with E-state index in [0.717, 1.165) is 4.90 Å². The monoisotopic (exact) mass is 309 g/mol. The van der Waals surface area contributed by atoms with Crippen molar-refractivity contribution in [3.8, 4) is 0 Å². The molecule has 0 atom stereocenters. The number of nitrogen functional groups attached to an aromatic ring is 1. The van der Waals surface area contributed by atoms with Gasteiger partial charge in [-0.1, -0.05) is 25.4 Å². The molecule has 0 aromatic heterocycles. The van der Waals surface area contributed by atoms with Crippen molar-refractivity contribution in [3.05, 3.63) is 23.2 Å². The number of benzene rings is 1. The predicted molar refractivity (Wildman–Crippen MR) is 79.6 cm³/mol. The Balaban J connectivity index is 2.06. The molecule has 0 unspecified atom stereocenters. The fraction of sp³-hybridized carbons (Fsp3) is 0.357. The van der Waals surface area contributed by atoms with Crippen molar-refractivity contribution in [2.45, 2.75) is 20.3 Å². The van der Waals surface area contributed by atoms with Crippen LogP contribution in [0.25, 0.3) is 0 Å². The van der Waals surface area contributed by atoms with Gasteiger partial charge in [0.2, 0.25) is 17.7 Å². The zero-order valence-corrected chi connectivity index (χ0v) is 12.5. The number of hydrogen-bond acceptors (Lipinski definition) is 4. The van der Waals surface area contributed by atoms with Crippen LogP contribution in [0, 0.1) is 5.41 Å². The van der Waals surface area contributed by atoms with E-state index in [1.54, 1.807) is 26.0 Å². The van der Waals surface area contributed by atoms with E-state index >= 15 is 0 Å². The van der Waals surface area contributed by atoms with Crippen molar-refractivity contribution in [3.63, 3.8) is 0 Å². The van der Waals surface area contributed by atoms with Crippen LogP contribution in [0.15, 0.2) is 18.2 Å². The molecule has 0 spiro atoms. The van der Waals surface area contributed by atoms with Gasteiger partial charge in [-0.25, -0.2) is 0 Å². The molecule has 1 saturated heterocycles. The maximum absolute atomic E-state index is 12.0. The largest absolute Gasteiger partial charge is 0.399 e. The molecule has 1 fully saturated rings. The third kappa shape index (κ3) is 3.16. The number of nitrogens with one attached hydrogen (secondary N) is 1. The zero-order valence-electron chi connectivity index (χ0n) is 11.8. The number of carbonyl (C=O) groups excluding carboxylic acids is 3. The molecule has 1 aromatic rings. The molecule has 0 bridgehead atoms. The lowest BCUT2D eigenvalue weighted by Gasteiger charge is -2.17.